The number of aliphatic hydroxyl groups is 1. The lowest BCUT2D eigenvalue weighted by Crippen LogP contribution is -2.31. The Labute approximate surface area is 164 Å². The molecular weight excluding hydrogens is 356 g/mol. The molecule has 148 valence electrons. The average molecular weight is 382 g/mol. The number of hydrogen-bond donors (Lipinski definition) is 2. The van der Waals surface area contributed by atoms with E-state index >= 15 is 0 Å². The molecule has 7 heteroatoms. The van der Waals surface area contributed by atoms with Crippen LogP contribution in [0, 0.1) is 0 Å². The highest BCUT2D eigenvalue weighted by Gasteiger charge is 2.28. The summed E-state index contributed by atoms with van der Waals surface area (Å²) < 4.78 is 4.82. The van der Waals surface area contributed by atoms with Gasteiger partial charge in [-0.3, -0.25) is 0 Å². The molecule has 2 aromatic rings. The molecule has 4 rings (SSSR count). The van der Waals surface area contributed by atoms with Crippen LogP contribution in [0.15, 0.2) is 24.3 Å². The monoisotopic (exact) mass is 382 g/mol. The molecule has 1 aliphatic heterocycles. The van der Waals surface area contributed by atoms with E-state index in [4.69, 9.17) is 14.8 Å². The lowest BCUT2D eigenvalue weighted by Gasteiger charge is -2.30. The summed E-state index contributed by atoms with van der Waals surface area (Å²) >= 11 is 0. The quantitative estimate of drug-likeness (QED) is 0.562. The third-order valence-corrected chi connectivity index (χ3v) is 5.28. The van der Waals surface area contributed by atoms with Gasteiger partial charge in [-0.1, -0.05) is 6.07 Å². The van der Waals surface area contributed by atoms with Gasteiger partial charge in [-0.25, -0.2) is 14.8 Å². The third-order valence-electron chi connectivity index (χ3n) is 5.28. The van der Waals surface area contributed by atoms with Gasteiger partial charge in [-0.15, -0.1) is 0 Å². The molecule has 0 unspecified atom stereocenters. The molecule has 0 radical (unpaired) electrons. The Morgan fingerprint density at radius 2 is 2.14 bits per heavy atom. The molecule has 0 atom stereocenters. The van der Waals surface area contributed by atoms with Gasteiger partial charge in [-0.05, 0) is 48.9 Å². The van der Waals surface area contributed by atoms with E-state index in [1.165, 1.54) is 18.2 Å². The second kappa shape index (κ2) is 8.14. The fourth-order valence-corrected chi connectivity index (χ4v) is 3.52. The zero-order valence-electron chi connectivity index (χ0n) is 16.1. The zero-order valence-corrected chi connectivity index (χ0v) is 16.1. The minimum Gasteiger partial charge on any atom is -0.465 e. The summed E-state index contributed by atoms with van der Waals surface area (Å²) in [5.41, 5.74) is 3.00. The number of methoxy groups -OCH3 is 1. The highest BCUT2D eigenvalue weighted by molar-refractivity contribution is 5.89. The van der Waals surface area contributed by atoms with E-state index in [9.17, 15) is 4.79 Å². The van der Waals surface area contributed by atoms with E-state index in [0.29, 0.717) is 24.4 Å². The van der Waals surface area contributed by atoms with E-state index in [-0.39, 0.29) is 12.6 Å². The molecule has 1 aromatic heterocycles. The van der Waals surface area contributed by atoms with Crippen LogP contribution in [0.25, 0.3) is 0 Å². The van der Waals surface area contributed by atoms with E-state index in [2.05, 4.69) is 15.2 Å². The number of aromatic nitrogens is 2. The van der Waals surface area contributed by atoms with Crippen molar-refractivity contribution in [3.05, 3.63) is 46.8 Å². The molecule has 0 spiro atoms. The van der Waals surface area contributed by atoms with E-state index in [1.807, 2.05) is 24.3 Å². The van der Waals surface area contributed by atoms with Crippen molar-refractivity contribution in [1.82, 2.24) is 9.97 Å². The number of anilines is 2. The minimum atomic E-state index is -0.297. The van der Waals surface area contributed by atoms with Crippen molar-refractivity contribution in [2.24, 2.45) is 0 Å². The molecule has 2 heterocycles. The van der Waals surface area contributed by atoms with E-state index < -0.39 is 0 Å². The molecular formula is C21H26N4O3. The number of nitrogens with one attached hydrogen (secondary N) is 1. The molecule has 7 nitrogen and oxygen atoms in total. The molecule has 0 bridgehead atoms. The summed E-state index contributed by atoms with van der Waals surface area (Å²) in [7, 11) is 1.41. The van der Waals surface area contributed by atoms with Crippen LogP contribution in [-0.4, -0.2) is 47.8 Å². The summed E-state index contributed by atoms with van der Waals surface area (Å²) in [6.07, 6.45) is 3.85. The second-order valence-corrected chi connectivity index (χ2v) is 7.39. The minimum absolute atomic E-state index is 0.164. The van der Waals surface area contributed by atoms with Crippen LogP contribution in [0.2, 0.25) is 0 Å². The van der Waals surface area contributed by atoms with Crippen molar-refractivity contribution in [1.29, 1.82) is 0 Å². The van der Waals surface area contributed by atoms with Gasteiger partial charge in [-0.2, -0.15) is 0 Å². The second-order valence-electron chi connectivity index (χ2n) is 7.39. The Morgan fingerprint density at radius 1 is 1.29 bits per heavy atom. The fourth-order valence-electron chi connectivity index (χ4n) is 3.52. The largest absolute Gasteiger partial charge is 0.465 e. The van der Waals surface area contributed by atoms with Crippen LogP contribution in [0.5, 0.6) is 0 Å². The predicted molar refractivity (Wildman–Crippen MR) is 107 cm³/mol. The first-order chi connectivity index (χ1) is 13.7. The molecule has 28 heavy (non-hydrogen) atoms. The summed E-state index contributed by atoms with van der Waals surface area (Å²) in [4.78, 5) is 23.5. The van der Waals surface area contributed by atoms with Gasteiger partial charge in [0.1, 0.15) is 17.5 Å². The number of ether oxygens (including phenoxy) is 1. The number of fused-ring (bicyclic) bond motifs is 1. The lowest BCUT2D eigenvalue weighted by atomic mass is 9.97. The fraction of sp³-hybridized carbons (Fsp3) is 0.476. The number of carbonyl (C=O) groups is 1. The van der Waals surface area contributed by atoms with E-state index in [1.54, 1.807) is 0 Å². The van der Waals surface area contributed by atoms with Crippen LogP contribution in [-0.2, 0) is 17.7 Å². The number of aliphatic hydroxyl groups excluding tert-OH is 1. The van der Waals surface area contributed by atoms with E-state index in [0.717, 1.165) is 49.8 Å². The van der Waals surface area contributed by atoms with Gasteiger partial charge < -0.3 is 20.1 Å². The topological polar surface area (TPSA) is 87.6 Å². The van der Waals surface area contributed by atoms with Gasteiger partial charge in [0, 0.05) is 38.2 Å². The highest BCUT2D eigenvalue weighted by Crippen LogP contribution is 2.39. The zero-order chi connectivity index (χ0) is 19.5. The number of benzene rings is 1. The normalized spacial score (nSPS) is 15.9. The Hall–Kier alpha value is -2.67. The van der Waals surface area contributed by atoms with Gasteiger partial charge in [0.15, 0.2) is 0 Å². The van der Waals surface area contributed by atoms with Crippen molar-refractivity contribution >= 4 is 17.6 Å². The molecule has 1 saturated carbocycles. The van der Waals surface area contributed by atoms with Crippen molar-refractivity contribution in [3.8, 4) is 0 Å². The van der Waals surface area contributed by atoms with Gasteiger partial charge in [0.2, 0.25) is 0 Å². The Bertz CT molecular complexity index is 867. The molecule has 2 N–H and O–H groups in total. The first kappa shape index (κ1) is 18.7. The lowest BCUT2D eigenvalue weighted by molar-refractivity contribution is 0.0600. The number of hydrogen-bond acceptors (Lipinski definition) is 7. The molecule has 1 aliphatic carbocycles. The maximum Gasteiger partial charge on any atom is 0.337 e. The number of esters is 1. The van der Waals surface area contributed by atoms with Crippen LogP contribution >= 0.6 is 0 Å². The summed E-state index contributed by atoms with van der Waals surface area (Å²) in [6, 6.07) is 7.77. The molecule has 0 saturated heterocycles. The first-order valence-corrected chi connectivity index (χ1v) is 9.86. The molecule has 0 amide bonds. The third kappa shape index (κ3) is 4.09. The number of carbonyl (C=O) groups excluding carboxylic acids is 1. The van der Waals surface area contributed by atoms with Crippen molar-refractivity contribution in [2.45, 2.75) is 38.1 Å². The van der Waals surface area contributed by atoms with Crippen LogP contribution in [0.4, 0.5) is 11.6 Å². The Morgan fingerprint density at radius 3 is 2.89 bits per heavy atom. The predicted octanol–water partition coefficient (Wildman–Crippen LogP) is 2.50. The first-order valence-electron chi connectivity index (χ1n) is 9.86. The summed E-state index contributed by atoms with van der Waals surface area (Å²) in [5.74, 6) is 2.85. The van der Waals surface area contributed by atoms with Crippen LogP contribution < -0.4 is 10.2 Å². The van der Waals surface area contributed by atoms with Crippen LogP contribution in [0.1, 0.15) is 52.5 Å². The van der Waals surface area contributed by atoms with Crippen molar-refractivity contribution in [2.75, 3.05) is 37.0 Å². The number of rotatable bonds is 7. The summed E-state index contributed by atoms with van der Waals surface area (Å²) in [6.45, 7) is 2.45. The molecule has 1 aromatic carbocycles. The average Bonchev–Trinajstić information content (AvgIpc) is 3.58. The Balaban J connectivity index is 1.55. The maximum atomic E-state index is 11.8. The SMILES string of the molecule is COC(=O)c1ccc2c(c1)CCN(c1cc(NCCCO)nc(C3CC3)n1)C2. The molecule has 1 fully saturated rings. The van der Waals surface area contributed by atoms with Crippen molar-refractivity contribution < 1.29 is 14.6 Å². The Kier molecular flexibility index (Phi) is 5.43. The molecule has 2 aliphatic rings. The maximum absolute atomic E-state index is 11.8. The van der Waals surface area contributed by atoms with Gasteiger partial charge in [0.05, 0.1) is 12.7 Å². The smallest absolute Gasteiger partial charge is 0.337 e. The highest BCUT2D eigenvalue weighted by atomic mass is 16.5. The summed E-state index contributed by atoms with van der Waals surface area (Å²) in [5, 5.41) is 12.3. The van der Waals surface area contributed by atoms with Crippen LogP contribution in [0.3, 0.4) is 0 Å². The standard InChI is InChI=1S/C21H26N4O3/c1-28-21(27)16-5-6-17-13-25(9-7-15(17)11-16)19-12-18(22-8-2-10-26)23-20(24-19)14-3-4-14/h5-6,11-12,14,26H,2-4,7-10,13H2,1H3,(H,22,23,24). The van der Waals surface area contributed by atoms with Gasteiger partial charge >= 0.3 is 5.97 Å². The number of nitrogens with zero attached hydrogens (tertiary/aromatic N) is 3. The van der Waals surface area contributed by atoms with Gasteiger partial charge in [0.25, 0.3) is 0 Å². The van der Waals surface area contributed by atoms with Crippen molar-refractivity contribution in [3.63, 3.8) is 0 Å².